The molecule has 0 bridgehead atoms. The fourth-order valence-corrected chi connectivity index (χ4v) is 2.09. The molecule has 1 atom stereocenters. The summed E-state index contributed by atoms with van der Waals surface area (Å²) < 4.78 is 27.1. The molecule has 0 radical (unpaired) electrons. The van der Waals surface area contributed by atoms with Crippen LogP contribution in [0.3, 0.4) is 0 Å². The van der Waals surface area contributed by atoms with Gasteiger partial charge < -0.3 is 23.7 Å². The van der Waals surface area contributed by atoms with Crippen molar-refractivity contribution in [2.24, 2.45) is 5.41 Å². The van der Waals surface area contributed by atoms with E-state index in [1.54, 1.807) is 0 Å². The van der Waals surface area contributed by atoms with Crippen molar-refractivity contribution in [2.75, 3.05) is 26.4 Å². The van der Waals surface area contributed by atoms with Crippen molar-refractivity contribution in [3.8, 4) is 0 Å². The largest absolute Gasteiger partial charge is 0.461 e. The Morgan fingerprint density at radius 3 is 1.27 bits per heavy atom. The van der Waals surface area contributed by atoms with Gasteiger partial charge in [0.15, 0.2) is 0 Å². The van der Waals surface area contributed by atoms with Crippen LogP contribution in [0.5, 0.6) is 0 Å². The van der Waals surface area contributed by atoms with Gasteiger partial charge in [0.1, 0.15) is 25.2 Å². The first-order chi connectivity index (χ1) is 15.3. The smallest absolute Gasteiger partial charge is 0.335 e. The van der Waals surface area contributed by atoms with Gasteiger partial charge in [0.25, 0.3) is 0 Å². The summed E-state index contributed by atoms with van der Waals surface area (Å²) >= 11 is 0. The predicted molar refractivity (Wildman–Crippen MR) is 121 cm³/mol. The number of esters is 4. The molecule has 0 saturated heterocycles. The van der Waals surface area contributed by atoms with Crippen molar-refractivity contribution in [3.05, 3.63) is 48.6 Å². The van der Waals surface area contributed by atoms with Crippen LogP contribution in [0.1, 0.15) is 41.0 Å². The molecule has 0 aliphatic rings. The maximum atomic E-state index is 12.3. The molecule has 0 amide bonds. The molecule has 0 fully saturated rings. The highest BCUT2D eigenvalue weighted by Crippen LogP contribution is 2.30. The molecular weight excluding hydrogens is 432 g/mol. The zero-order valence-electron chi connectivity index (χ0n) is 20.1. The van der Waals surface area contributed by atoms with E-state index in [2.05, 4.69) is 26.3 Å². The van der Waals surface area contributed by atoms with E-state index in [0.717, 1.165) is 0 Å². The van der Waals surface area contributed by atoms with E-state index in [1.807, 2.05) is 6.92 Å². The van der Waals surface area contributed by atoms with Gasteiger partial charge >= 0.3 is 23.9 Å². The molecular formula is C24H34O9. The van der Waals surface area contributed by atoms with Crippen LogP contribution in [-0.2, 0) is 42.9 Å². The Morgan fingerprint density at radius 2 is 1.00 bits per heavy atom. The molecule has 0 spiro atoms. The summed E-state index contributed by atoms with van der Waals surface area (Å²) in [5.74, 6) is -3.06. The van der Waals surface area contributed by atoms with E-state index in [-0.39, 0.29) is 28.9 Å². The third-order valence-electron chi connectivity index (χ3n) is 4.05. The minimum Gasteiger partial charge on any atom is -0.461 e. The number of hydrogen-bond donors (Lipinski definition) is 0. The molecule has 1 unspecified atom stereocenters. The van der Waals surface area contributed by atoms with Gasteiger partial charge in [0, 0.05) is 22.3 Å². The first-order valence-corrected chi connectivity index (χ1v) is 10.2. The van der Waals surface area contributed by atoms with Crippen LogP contribution >= 0.6 is 0 Å². The van der Waals surface area contributed by atoms with E-state index in [0.29, 0.717) is 6.42 Å². The zero-order chi connectivity index (χ0) is 25.8. The van der Waals surface area contributed by atoms with E-state index in [1.165, 1.54) is 27.7 Å². The summed E-state index contributed by atoms with van der Waals surface area (Å²) in [5, 5.41) is 0. The summed E-state index contributed by atoms with van der Waals surface area (Å²) in [4.78, 5) is 48.7. The molecule has 0 aliphatic carbocycles. The zero-order valence-corrected chi connectivity index (χ0v) is 20.1. The van der Waals surface area contributed by atoms with Gasteiger partial charge in [0.2, 0.25) is 6.29 Å². The maximum Gasteiger partial charge on any atom is 0.335 e. The van der Waals surface area contributed by atoms with E-state index < -0.39 is 55.4 Å². The lowest BCUT2D eigenvalue weighted by Crippen LogP contribution is -2.51. The minimum absolute atomic E-state index is 0.0748. The summed E-state index contributed by atoms with van der Waals surface area (Å²) in [7, 11) is 0. The Kier molecular flexibility index (Phi) is 12.7. The molecule has 0 aromatic rings. The third-order valence-corrected chi connectivity index (χ3v) is 4.05. The lowest BCUT2D eigenvalue weighted by Gasteiger charge is -2.38. The second-order valence-electron chi connectivity index (χ2n) is 7.82. The normalized spacial score (nSPS) is 11.5. The fourth-order valence-electron chi connectivity index (χ4n) is 2.09. The molecule has 0 N–H and O–H groups in total. The van der Waals surface area contributed by atoms with Gasteiger partial charge in [-0.1, -0.05) is 33.2 Å². The lowest BCUT2D eigenvalue weighted by atomic mass is 9.89. The summed E-state index contributed by atoms with van der Waals surface area (Å²) in [6.45, 7) is 20.3. The monoisotopic (exact) mass is 466 g/mol. The standard InChI is InChI=1S/C24H34O9/c1-10-11-29-23(33-22(28)18(8)9)24(12-30-19(25)15(2)3,13-31-20(26)16(4)5)14-32-21(27)17(6)7/h23H,2,4,6,8,10-14H2,1,3,5,7,9H3. The highest BCUT2D eigenvalue weighted by Gasteiger charge is 2.47. The molecule has 0 aromatic heterocycles. The van der Waals surface area contributed by atoms with Crippen LogP contribution in [0.25, 0.3) is 0 Å². The summed E-state index contributed by atoms with van der Waals surface area (Å²) in [6, 6.07) is 0. The van der Waals surface area contributed by atoms with Crippen molar-refractivity contribution in [2.45, 2.75) is 47.3 Å². The van der Waals surface area contributed by atoms with Crippen LogP contribution < -0.4 is 0 Å². The molecule has 184 valence electrons. The molecule has 0 aromatic carbocycles. The van der Waals surface area contributed by atoms with E-state index >= 15 is 0 Å². The topological polar surface area (TPSA) is 114 Å². The quantitative estimate of drug-likeness (QED) is 0.155. The number of hydrogen-bond acceptors (Lipinski definition) is 9. The van der Waals surface area contributed by atoms with Gasteiger partial charge in [0.05, 0.1) is 6.61 Å². The molecule has 9 nitrogen and oxygen atoms in total. The summed E-state index contributed by atoms with van der Waals surface area (Å²) in [5.41, 5.74) is -1.24. The van der Waals surface area contributed by atoms with Crippen LogP contribution in [0, 0.1) is 5.41 Å². The highest BCUT2D eigenvalue weighted by atomic mass is 16.7. The fraction of sp³-hybridized carbons (Fsp3) is 0.500. The SMILES string of the molecule is C=C(C)C(=O)OCC(COC(=O)C(=C)C)(COC(=O)C(=C)C)C(OCCC)OC(=O)C(=C)C. The van der Waals surface area contributed by atoms with Crippen molar-refractivity contribution in [3.63, 3.8) is 0 Å². The molecule has 9 heteroatoms. The van der Waals surface area contributed by atoms with Gasteiger partial charge in [-0.05, 0) is 34.1 Å². The van der Waals surface area contributed by atoms with E-state index in [4.69, 9.17) is 23.7 Å². The number of rotatable bonds is 15. The minimum atomic E-state index is -1.62. The molecule has 0 saturated carbocycles. The van der Waals surface area contributed by atoms with Crippen molar-refractivity contribution in [1.82, 2.24) is 0 Å². The average molecular weight is 467 g/mol. The average Bonchev–Trinajstić information content (AvgIpc) is 2.74. The van der Waals surface area contributed by atoms with Crippen molar-refractivity contribution >= 4 is 23.9 Å². The molecule has 0 rings (SSSR count). The molecule has 33 heavy (non-hydrogen) atoms. The van der Waals surface area contributed by atoms with Gasteiger partial charge in [-0.3, -0.25) is 0 Å². The highest BCUT2D eigenvalue weighted by molar-refractivity contribution is 5.88. The van der Waals surface area contributed by atoms with Crippen LogP contribution in [0.15, 0.2) is 48.6 Å². The van der Waals surface area contributed by atoms with Crippen molar-refractivity contribution in [1.29, 1.82) is 0 Å². The second-order valence-corrected chi connectivity index (χ2v) is 7.82. The van der Waals surface area contributed by atoms with Crippen molar-refractivity contribution < 1.29 is 42.9 Å². The number of ether oxygens (including phenoxy) is 5. The lowest BCUT2D eigenvalue weighted by molar-refractivity contribution is -0.237. The first kappa shape index (κ1) is 29.8. The maximum absolute atomic E-state index is 12.3. The van der Waals surface area contributed by atoms with E-state index in [9.17, 15) is 19.2 Å². The van der Waals surface area contributed by atoms with Crippen LogP contribution in [0.4, 0.5) is 0 Å². The Balaban J connectivity index is 6.38. The third kappa shape index (κ3) is 10.3. The Morgan fingerprint density at radius 1 is 0.667 bits per heavy atom. The van der Waals surface area contributed by atoms with Gasteiger partial charge in [-0.15, -0.1) is 0 Å². The Labute approximate surface area is 195 Å². The van der Waals surface area contributed by atoms with Gasteiger partial charge in [-0.25, -0.2) is 19.2 Å². The second kappa shape index (κ2) is 14.1. The summed E-state index contributed by atoms with van der Waals surface area (Å²) in [6.07, 6.45) is -0.893. The Bertz CT molecular complexity index is 733. The predicted octanol–water partition coefficient (Wildman–Crippen LogP) is 3.20. The molecule has 0 heterocycles. The molecule has 0 aliphatic heterocycles. The number of carbonyl (C=O) groups is 4. The number of carbonyl (C=O) groups excluding carboxylic acids is 4. The first-order valence-electron chi connectivity index (χ1n) is 10.2. The van der Waals surface area contributed by atoms with Gasteiger partial charge in [-0.2, -0.15) is 0 Å². The Hall–Kier alpha value is -3.20. The van der Waals surface area contributed by atoms with Crippen LogP contribution in [-0.4, -0.2) is 56.6 Å². The van der Waals surface area contributed by atoms with Crippen LogP contribution in [0.2, 0.25) is 0 Å².